The molecule has 5 aromatic rings. The SMILES string of the molecule is CCOc1ccc(-c2nccs2)cc1Nc1n[nH]c2cc([C@@H]3C[C@@]34C(=O)Nc3ccc(OC)cc34)ccc12. The number of ether oxygens (including phenoxy) is 2. The van der Waals surface area contributed by atoms with E-state index in [2.05, 4.69) is 44.0 Å². The van der Waals surface area contributed by atoms with Crippen LogP contribution in [0.5, 0.6) is 11.5 Å². The van der Waals surface area contributed by atoms with Crippen molar-refractivity contribution in [2.24, 2.45) is 0 Å². The molecule has 1 saturated carbocycles. The minimum atomic E-state index is -0.540. The van der Waals surface area contributed by atoms with Gasteiger partial charge in [0.2, 0.25) is 5.91 Å². The maximum atomic E-state index is 13.1. The predicted octanol–water partition coefficient (Wildman–Crippen LogP) is 6.21. The number of hydrogen-bond donors (Lipinski definition) is 3. The molecule has 2 atom stereocenters. The molecule has 3 heterocycles. The van der Waals surface area contributed by atoms with Gasteiger partial charge in [0, 0.05) is 34.1 Å². The standard InChI is InChI=1S/C29H25N5O3S/c1-3-37-25-9-5-17(27-30-10-11-38-27)13-24(25)31-26-19-7-4-16(12-23(19)33-34-26)21-15-29(21)20-14-18(36-2)6-8-22(20)32-28(29)35/h4-14,21H,3,15H2,1-2H3,(H,32,35)(H2,31,33,34)/t21-,29-/m0/s1. The summed E-state index contributed by atoms with van der Waals surface area (Å²) in [5.74, 6) is 2.38. The van der Waals surface area contributed by atoms with Gasteiger partial charge in [-0.2, -0.15) is 5.10 Å². The molecule has 0 unspecified atom stereocenters. The van der Waals surface area contributed by atoms with Gasteiger partial charge in [-0.15, -0.1) is 11.3 Å². The van der Waals surface area contributed by atoms with E-state index in [4.69, 9.17) is 9.47 Å². The maximum Gasteiger partial charge on any atom is 0.235 e. The summed E-state index contributed by atoms with van der Waals surface area (Å²) < 4.78 is 11.3. The van der Waals surface area contributed by atoms with Gasteiger partial charge in [-0.05, 0) is 73.0 Å². The minimum Gasteiger partial charge on any atom is -0.497 e. The van der Waals surface area contributed by atoms with Crippen molar-refractivity contribution in [2.45, 2.75) is 24.7 Å². The van der Waals surface area contributed by atoms with Gasteiger partial charge in [-0.1, -0.05) is 6.07 Å². The number of amides is 1. The van der Waals surface area contributed by atoms with Crippen molar-refractivity contribution in [1.82, 2.24) is 15.2 Å². The lowest BCUT2D eigenvalue weighted by Crippen LogP contribution is -2.21. The molecule has 0 saturated heterocycles. The number of aromatic amines is 1. The first-order valence-electron chi connectivity index (χ1n) is 12.5. The number of H-pyrrole nitrogens is 1. The van der Waals surface area contributed by atoms with Crippen molar-refractivity contribution in [3.05, 3.63) is 77.3 Å². The Morgan fingerprint density at radius 3 is 2.89 bits per heavy atom. The number of carbonyl (C=O) groups is 1. The topological polar surface area (TPSA) is 101 Å². The molecule has 3 N–H and O–H groups in total. The van der Waals surface area contributed by atoms with Crippen LogP contribution >= 0.6 is 11.3 Å². The Bertz CT molecular complexity index is 1700. The third-order valence-electron chi connectivity index (χ3n) is 7.52. The Balaban J connectivity index is 1.20. The van der Waals surface area contributed by atoms with Crippen LogP contribution < -0.4 is 20.1 Å². The van der Waals surface area contributed by atoms with E-state index >= 15 is 0 Å². The van der Waals surface area contributed by atoms with E-state index in [0.717, 1.165) is 61.9 Å². The molecule has 9 heteroatoms. The van der Waals surface area contributed by atoms with Crippen molar-refractivity contribution in [3.8, 4) is 22.1 Å². The first-order chi connectivity index (χ1) is 18.6. The van der Waals surface area contributed by atoms with E-state index in [-0.39, 0.29) is 11.8 Å². The van der Waals surface area contributed by atoms with Gasteiger partial charge < -0.3 is 20.1 Å². The third kappa shape index (κ3) is 3.46. The number of fused-ring (bicyclic) bond motifs is 3. The normalized spacial score (nSPS) is 19.4. The lowest BCUT2D eigenvalue weighted by atomic mass is 9.91. The zero-order chi connectivity index (χ0) is 25.9. The van der Waals surface area contributed by atoms with Crippen molar-refractivity contribution in [1.29, 1.82) is 0 Å². The molecule has 38 heavy (non-hydrogen) atoms. The van der Waals surface area contributed by atoms with Gasteiger partial charge in [-0.25, -0.2) is 4.98 Å². The zero-order valence-corrected chi connectivity index (χ0v) is 21.7. The summed E-state index contributed by atoms with van der Waals surface area (Å²) in [4.78, 5) is 17.5. The molecule has 7 rings (SSSR count). The zero-order valence-electron chi connectivity index (χ0n) is 20.9. The van der Waals surface area contributed by atoms with Crippen LogP contribution in [0.15, 0.2) is 66.2 Å². The highest BCUT2D eigenvalue weighted by Gasteiger charge is 2.65. The van der Waals surface area contributed by atoms with Gasteiger partial charge in [0.05, 0.1) is 30.3 Å². The number of rotatable bonds is 7. The number of methoxy groups -OCH3 is 1. The van der Waals surface area contributed by atoms with Crippen molar-refractivity contribution < 1.29 is 14.3 Å². The van der Waals surface area contributed by atoms with E-state index in [1.807, 2.05) is 48.7 Å². The number of nitrogens with zero attached hydrogens (tertiary/aromatic N) is 2. The average Bonchev–Trinajstić information content (AvgIpc) is 3.20. The molecule has 1 fully saturated rings. The highest BCUT2D eigenvalue weighted by molar-refractivity contribution is 7.13. The Labute approximate surface area is 223 Å². The second-order valence-electron chi connectivity index (χ2n) is 9.58. The number of hydrogen-bond acceptors (Lipinski definition) is 7. The van der Waals surface area contributed by atoms with E-state index in [1.54, 1.807) is 24.6 Å². The summed E-state index contributed by atoms with van der Waals surface area (Å²) in [6, 6.07) is 18.1. The largest absolute Gasteiger partial charge is 0.497 e. The number of thiazole rings is 1. The first kappa shape index (κ1) is 22.8. The number of carbonyl (C=O) groups excluding carboxylic acids is 1. The number of aromatic nitrogens is 3. The Morgan fingerprint density at radius 2 is 2.08 bits per heavy atom. The third-order valence-corrected chi connectivity index (χ3v) is 8.34. The average molecular weight is 524 g/mol. The number of nitrogens with one attached hydrogen (secondary N) is 3. The quantitative estimate of drug-likeness (QED) is 0.234. The molecule has 1 amide bonds. The van der Waals surface area contributed by atoms with Crippen LogP contribution in [0.4, 0.5) is 17.2 Å². The van der Waals surface area contributed by atoms with E-state index in [1.165, 1.54) is 0 Å². The molecular formula is C29H25N5O3S. The second kappa shape index (κ2) is 8.59. The molecule has 0 radical (unpaired) electrons. The molecule has 3 aromatic carbocycles. The summed E-state index contributed by atoms with van der Waals surface area (Å²) in [6.07, 6.45) is 2.57. The molecule has 1 aliphatic carbocycles. The van der Waals surface area contributed by atoms with Crippen molar-refractivity contribution >= 4 is 45.3 Å². The number of anilines is 3. The fourth-order valence-electron chi connectivity index (χ4n) is 5.58. The van der Waals surface area contributed by atoms with E-state index in [0.29, 0.717) is 12.4 Å². The monoisotopic (exact) mass is 523 g/mol. The lowest BCUT2D eigenvalue weighted by molar-refractivity contribution is -0.118. The summed E-state index contributed by atoms with van der Waals surface area (Å²) >= 11 is 1.59. The van der Waals surface area contributed by atoms with Gasteiger partial charge >= 0.3 is 0 Å². The molecule has 2 aliphatic rings. The van der Waals surface area contributed by atoms with Gasteiger partial charge in [0.1, 0.15) is 16.5 Å². The van der Waals surface area contributed by atoms with Gasteiger partial charge in [0.15, 0.2) is 5.82 Å². The van der Waals surface area contributed by atoms with Gasteiger partial charge in [-0.3, -0.25) is 9.89 Å². The Morgan fingerprint density at radius 1 is 1.16 bits per heavy atom. The summed E-state index contributed by atoms with van der Waals surface area (Å²) in [7, 11) is 1.65. The molecule has 2 aromatic heterocycles. The van der Waals surface area contributed by atoms with E-state index < -0.39 is 5.41 Å². The fourth-order valence-corrected chi connectivity index (χ4v) is 6.22. The van der Waals surface area contributed by atoms with Crippen LogP contribution in [-0.4, -0.2) is 34.8 Å². The maximum absolute atomic E-state index is 13.1. The van der Waals surface area contributed by atoms with Crippen LogP contribution in [0.3, 0.4) is 0 Å². The molecule has 1 spiro atoms. The summed E-state index contributed by atoms with van der Waals surface area (Å²) in [5.41, 5.74) is 5.20. The fraction of sp³-hybridized carbons (Fsp3) is 0.207. The Hall–Kier alpha value is -4.37. The van der Waals surface area contributed by atoms with Gasteiger partial charge in [0.25, 0.3) is 0 Å². The smallest absolute Gasteiger partial charge is 0.235 e. The minimum absolute atomic E-state index is 0.0568. The highest BCUT2D eigenvalue weighted by atomic mass is 32.1. The van der Waals surface area contributed by atoms with Crippen LogP contribution in [0.25, 0.3) is 21.5 Å². The van der Waals surface area contributed by atoms with Crippen LogP contribution in [0.1, 0.15) is 30.4 Å². The highest BCUT2D eigenvalue weighted by Crippen LogP contribution is 2.65. The van der Waals surface area contributed by atoms with E-state index in [9.17, 15) is 4.79 Å². The molecule has 0 bridgehead atoms. The second-order valence-corrected chi connectivity index (χ2v) is 10.5. The molecule has 8 nitrogen and oxygen atoms in total. The molecular weight excluding hydrogens is 498 g/mol. The predicted molar refractivity (Wildman–Crippen MR) is 149 cm³/mol. The lowest BCUT2D eigenvalue weighted by Gasteiger charge is -2.13. The molecule has 190 valence electrons. The van der Waals surface area contributed by atoms with Crippen LogP contribution in [0, 0.1) is 0 Å². The van der Waals surface area contributed by atoms with Crippen molar-refractivity contribution in [2.75, 3.05) is 24.4 Å². The number of benzene rings is 3. The molecule has 1 aliphatic heterocycles. The first-order valence-corrected chi connectivity index (χ1v) is 13.4. The van der Waals surface area contributed by atoms with Crippen LogP contribution in [-0.2, 0) is 10.2 Å². The van der Waals surface area contributed by atoms with Crippen LogP contribution in [0.2, 0.25) is 0 Å². The summed E-state index contributed by atoms with van der Waals surface area (Å²) in [5, 5.41) is 18.1. The Kier molecular flexibility index (Phi) is 5.16. The summed E-state index contributed by atoms with van der Waals surface area (Å²) in [6.45, 7) is 2.52. The van der Waals surface area contributed by atoms with Crippen molar-refractivity contribution in [3.63, 3.8) is 0 Å².